The molecule has 13 heavy (non-hydrogen) atoms. The van der Waals surface area contributed by atoms with Gasteiger partial charge in [-0.1, -0.05) is 22.0 Å². The van der Waals surface area contributed by atoms with Crippen LogP contribution in [0.2, 0.25) is 0 Å². The number of rotatable bonds is 1. The molecule has 64 valence electrons. The zero-order valence-electron chi connectivity index (χ0n) is 6.84. The second kappa shape index (κ2) is 3.23. The Kier molecular flexibility index (Phi) is 2.07. The highest BCUT2D eigenvalue weighted by Crippen LogP contribution is 2.26. The maximum Gasteiger partial charge on any atom is 0.0670 e. The summed E-state index contributed by atoms with van der Waals surface area (Å²) in [6, 6.07) is 8.10. The van der Waals surface area contributed by atoms with Gasteiger partial charge in [0, 0.05) is 21.6 Å². The van der Waals surface area contributed by atoms with Gasteiger partial charge in [0.25, 0.3) is 0 Å². The van der Waals surface area contributed by atoms with Crippen LogP contribution in [0.1, 0.15) is 5.56 Å². The lowest BCUT2D eigenvalue weighted by molar-refractivity contribution is 1.27. The molecule has 0 fully saturated rings. The molecule has 0 radical (unpaired) electrons. The van der Waals surface area contributed by atoms with Gasteiger partial charge in [0.15, 0.2) is 0 Å². The lowest BCUT2D eigenvalue weighted by atomic mass is 10.1. The van der Waals surface area contributed by atoms with Crippen molar-refractivity contribution >= 4 is 26.8 Å². The van der Waals surface area contributed by atoms with Crippen LogP contribution in [0.3, 0.4) is 0 Å². The Morgan fingerprint density at radius 1 is 1.46 bits per heavy atom. The molecule has 0 bridgehead atoms. The Bertz CT molecular complexity index is 479. The molecule has 1 aromatic heterocycles. The Hall–Kier alpha value is -1.27. The molecule has 1 heterocycles. The minimum Gasteiger partial charge on any atom is -0.361 e. The largest absolute Gasteiger partial charge is 0.361 e. The Labute approximate surface area is 84.3 Å². The van der Waals surface area contributed by atoms with Gasteiger partial charge in [-0.3, -0.25) is 0 Å². The highest BCUT2D eigenvalue weighted by atomic mass is 79.9. The number of halogens is 1. The fourth-order valence-corrected chi connectivity index (χ4v) is 2.05. The predicted octanol–water partition coefficient (Wildman–Crippen LogP) is 3.00. The van der Waals surface area contributed by atoms with Crippen molar-refractivity contribution in [1.29, 1.82) is 5.26 Å². The standard InChI is InChI=1S/C10H7BrN2/c11-8-2-1-3-9-10(8)7(4-5-12)6-13-9/h1-3,6,13H,4H2. The van der Waals surface area contributed by atoms with Gasteiger partial charge in [0.1, 0.15) is 0 Å². The minimum atomic E-state index is 0.447. The molecule has 0 aliphatic carbocycles. The molecule has 0 atom stereocenters. The van der Waals surface area contributed by atoms with E-state index in [1.54, 1.807) is 0 Å². The summed E-state index contributed by atoms with van der Waals surface area (Å²) in [6.45, 7) is 0. The molecule has 0 amide bonds. The van der Waals surface area contributed by atoms with Gasteiger partial charge >= 0.3 is 0 Å². The van der Waals surface area contributed by atoms with E-state index in [1.165, 1.54) is 0 Å². The van der Waals surface area contributed by atoms with Crippen LogP contribution in [0.4, 0.5) is 0 Å². The molecule has 1 aromatic carbocycles. The van der Waals surface area contributed by atoms with E-state index in [1.807, 2.05) is 24.4 Å². The zero-order chi connectivity index (χ0) is 9.26. The van der Waals surface area contributed by atoms with Crippen molar-refractivity contribution in [3.05, 3.63) is 34.4 Å². The fraction of sp³-hybridized carbons (Fsp3) is 0.100. The molecule has 0 saturated carbocycles. The average Bonchev–Trinajstić information content (AvgIpc) is 2.51. The fourth-order valence-electron chi connectivity index (χ4n) is 1.43. The number of aromatic nitrogens is 1. The van der Waals surface area contributed by atoms with E-state index < -0.39 is 0 Å². The number of nitriles is 1. The van der Waals surface area contributed by atoms with E-state index in [-0.39, 0.29) is 0 Å². The number of aromatic amines is 1. The van der Waals surface area contributed by atoms with Gasteiger partial charge in [-0.05, 0) is 17.7 Å². The topological polar surface area (TPSA) is 39.6 Å². The van der Waals surface area contributed by atoms with Crippen molar-refractivity contribution < 1.29 is 0 Å². The monoisotopic (exact) mass is 234 g/mol. The number of nitrogens with zero attached hydrogens (tertiary/aromatic N) is 1. The van der Waals surface area contributed by atoms with E-state index in [0.29, 0.717) is 6.42 Å². The molecule has 0 spiro atoms. The van der Waals surface area contributed by atoms with Crippen LogP contribution in [0, 0.1) is 11.3 Å². The molecule has 1 N–H and O–H groups in total. The number of nitrogens with one attached hydrogen (secondary N) is 1. The Balaban J connectivity index is 2.73. The number of H-pyrrole nitrogens is 1. The normalized spacial score (nSPS) is 10.2. The first kappa shape index (κ1) is 8.33. The van der Waals surface area contributed by atoms with Gasteiger partial charge in [-0.2, -0.15) is 5.26 Å². The van der Waals surface area contributed by atoms with E-state index in [9.17, 15) is 0 Å². The lowest BCUT2D eigenvalue weighted by Gasteiger charge is -1.95. The van der Waals surface area contributed by atoms with Crippen molar-refractivity contribution in [2.45, 2.75) is 6.42 Å². The lowest BCUT2D eigenvalue weighted by Crippen LogP contribution is -1.78. The highest BCUT2D eigenvalue weighted by Gasteiger charge is 2.05. The number of fused-ring (bicyclic) bond motifs is 1. The van der Waals surface area contributed by atoms with Crippen molar-refractivity contribution in [1.82, 2.24) is 4.98 Å². The van der Waals surface area contributed by atoms with E-state index in [4.69, 9.17) is 5.26 Å². The summed E-state index contributed by atoms with van der Waals surface area (Å²) < 4.78 is 1.04. The SMILES string of the molecule is N#CCc1c[nH]c2cccc(Br)c12. The summed E-state index contributed by atoms with van der Waals surface area (Å²) in [7, 11) is 0. The second-order valence-electron chi connectivity index (χ2n) is 2.81. The summed E-state index contributed by atoms with van der Waals surface area (Å²) in [5.74, 6) is 0. The van der Waals surface area contributed by atoms with Gasteiger partial charge in [-0.25, -0.2) is 0 Å². The third-order valence-electron chi connectivity index (χ3n) is 2.01. The first-order valence-electron chi connectivity index (χ1n) is 3.94. The van der Waals surface area contributed by atoms with Crippen LogP contribution in [-0.2, 0) is 6.42 Å². The van der Waals surface area contributed by atoms with Crippen molar-refractivity contribution in [3.63, 3.8) is 0 Å². The smallest absolute Gasteiger partial charge is 0.0670 e. The molecule has 0 saturated heterocycles. The van der Waals surface area contributed by atoms with Crippen molar-refractivity contribution in [3.8, 4) is 6.07 Å². The molecular formula is C10H7BrN2. The summed E-state index contributed by atoms with van der Waals surface area (Å²) in [4.78, 5) is 3.13. The van der Waals surface area contributed by atoms with E-state index in [2.05, 4.69) is 27.0 Å². The van der Waals surface area contributed by atoms with Crippen molar-refractivity contribution in [2.24, 2.45) is 0 Å². The van der Waals surface area contributed by atoms with E-state index in [0.717, 1.165) is 20.9 Å². The molecule has 2 rings (SSSR count). The zero-order valence-corrected chi connectivity index (χ0v) is 8.43. The molecule has 2 nitrogen and oxygen atoms in total. The quantitative estimate of drug-likeness (QED) is 0.810. The summed E-state index contributed by atoms with van der Waals surface area (Å²) in [6.07, 6.45) is 2.33. The molecule has 3 heteroatoms. The van der Waals surface area contributed by atoms with Gasteiger partial charge in [-0.15, -0.1) is 0 Å². The van der Waals surface area contributed by atoms with Crippen LogP contribution < -0.4 is 0 Å². The first-order valence-corrected chi connectivity index (χ1v) is 4.73. The highest BCUT2D eigenvalue weighted by molar-refractivity contribution is 9.10. The van der Waals surface area contributed by atoms with Crippen LogP contribution in [0.5, 0.6) is 0 Å². The average molecular weight is 235 g/mol. The van der Waals surface area contributed by atoms with Gasteiger partial charge < -0.3 is 4.98 Å². The molecule has 2 aromatic rings. The third kappa shape index (κ3) is 1.34. The molecule has 0 unspecified atom stereocenters. The van der Waals surface area contributed by atoms with Gasteiger partial charge in [0.2, 0.25) is 0 Å². The summed E-state index contributed by atoms with van der Waals surface area (Å²) in [5, 5.41) is 9.72. The van der Waals surface area contributed by atoms with Gasteiger partial charge in [0.05, 0.1) is 12.5 Å². The van der Waals surface area contributed by atoms with Crippen molar-refractivity contribution in [2.75, 3.05) is 0 Å². The first-order chi connectivity index (χ1) is 6.33. The molecule has 0 aliphatic rings. The maximum atomic E-state index is 8.61. The molecule has 0 aliphatic heterocycles. The summed E-state index contributed by atoms with van der Waals surface area (Å²) >= 11 is 3.47. The number of benzene rings is 1. The number of hydrogen-bond acceptors (Lipinski definition) is 1. The van der Waals surface area contributed by atoms with Crippen LogP contribution >= 0.6 is 15.9 Å². The summed E-state index contributed by atoms with van der Waals surface area (Å²) in [5.41, 5.74) is 2.12. The van der Waals surface area contributed by atoms with Crippen LogP contribution in [0.25, 0.3) is 10.9 Å². The Morgan fingerprint density at radius 3 is 3.08 bits per heavy atom. The third-order valence-corrected chi connectivity index (χ3v) is 2.67. The van der Waals surface area contributed by atoms with Crippen LogP contribution in [-0.4, -0.2) is 4.98 Å². The molecular weight excluding hydrogens is 228 g/mol. The number of hydrogen-bond donors (Lipinski definition) is 1. The van der Waals surface area contributed by atoms with Crippen LogP contribution in [0.15, 0.2) is 28.9 Å². The Morgan fingerprint density at radius 2 is 2.31 bits per heavy atom. The predicted molar refractivity (Wildman–Crippen MR) is 55.3 cm³/mol. The van der Waals surface area contributed by atoms with E-state index >= 15 is 0 Å². The maximum absolute atomic E-state index is 8.61. The minimum absolute atomic E-state index is 0.447. The second-order valence-corrected chi connectivity index (χ2v) is 3.67.